The number of benzene rings is 1. The molecule has 94 valence electrons. The van der Waals surface area contributed by atoms with E-state index in [1.54, 1.807) is 12.4 Å². The molecule has 0 saturated heterocycles. The van der Waals surface area contributed by atoms with Crippen molar-refractivity contribution in [2.75, 3.05) is 24.3 Å². The van der Waals surface area contributed by atoms with Crippen molar-refractivity contribution >= 4 is 17.1 Å². The molecule has 0 spiro atoms. The zero-order chi connectivity index (χ0) is 12.8. The fourth-order valence-corrected chi connectivity index (χ4v) is 1.61. The Balaban J connectivity index is 2.08. The van der Waals surface area contributed by atoms with Gasteiger partial charge in [-0.3, -0.25) is 4.98 Å². The third kappa shape index (κ3) is 3.13. The van der Waals surface area contributed by atoms with Crippen LogP contribution in [-0.2, 0) is 0 Å². The van der Waals surface area contributed by atoms with E-state index >= 15 is 0 Å². The summed E-state index contributed by atoms with van der Waals surface area (Å²) in [5.41, 5.74) is 2.94. The van der Waals surface area contributed by atoms with Gasteiger partial charge in [-0.15, -0.1) is 0 Å². The van der Waals surface area contributed by atoms with E-state index in [9.17, 15) is 0 Å². The molecule has 0 bridgehead atoms. The van der Waals surface area contributed by atoms with E-state index < -0.39 is 0 Å². The number of aromatic nitrogens is 1. The Morgan fingerprint density at radius 2 is 1.78 bits per heavy atom. The van der Waals surface area contributed by atoms with Gasteiger partial charge in [0.05, 0.1) is 30.4 Å². The van der Waals surface area contributed by atoms with Crippen molar-refractivity contribution in [3.63, 3.8) is 0 Å². The maximum atomic E-state index is 5.40. The molecule has 0 aliphatic rings. The molecule has 0 saturated carbocycles. The topological polar surface area (TPSA) is 46.2 Å². The Morgan fingerprint density at radius 3 is 2.44 bits per heavy atom. The van der Waals surface area contributed by atoms with Gasteiger partial charge in [0, 0.05) is 12.7 Å². The molecule has 0 unspecified atom stereocenters. The van der Waals surface area contributed by atoms with Crippen LogP contribution in [0.5, 0.6) is 5.75 Å². The predicted octanol–water partition coefficient (Wildman–Crippen LogP) is 3.27. The van der Waals surface area contributed by atoms with E-state index in [0.717, 1.165) is 22.8 Å². The zero-order valence-electron chi connectivity index (χ0n) is 10.6. The molecular weight excluding hydrogens is 226 g/mol. The van der Waals surface area contributed by atoms with Crippen molar-refractivity contribution in [1.29, 1.82) is 0 Å². The van der Waals surface area contributed by atoms with Gasteiger partial charge in [0.15, 0.2) is 0 Å². The summed E-state index contributed by atoms with van der Waals surface area (Å²) in [7, 11) is 1.87. The minimum atomic E-state index is 0.681. The molecule has 0 atom stereocenters. The molecule has 2 rings (SSSR count). The maximum absolute atomic E-state index is 5.40. The second-order valence-electron chi connectivity index (χ2n) is 3.79. The Hall–Kier alpha value is -2.23. The maximum Gasteiger partial charge on any atom is 0.119 e. The molecule has 2 N–H and O–H groups in total. The molecule has 0 fully saturated rings. The first-order valence-corrected chi connectivity index (χ1v) is 5.94. The first-order chi connectivity index (χ1) is 8.81. The predicted molar refractivity (Wildman–Crippen MR) is 74.7 cm³/mol. The van der Waals surface area contributed by atoms with E-state index in [4.69, 9.17) is 4.74 Å². The van der Waals surface area contributed by atoms with E-state index in [-0.39, 0.29) is 0 Å². The van der Waals surface area contributed by atoms with Crippen molar-refractivity contribution in [3.05, 3.63) is 42.7 Å². The fraction of sp³-hybridized carbons (Fsp3) is 0.214. The quantitative estimate of drug-likeness (QED) is 0.846. The smallest absolute Gasteiger partial charge is 0.119 e. The van der Waals surface area contributed by atoms with Gasteiger partial charge >= 0.3 is 0 Å². The molecule has 4 nitrogen and oxygen atoms in total. The van der Waals surface area contributed by atoms with Crippen molar-refractivity contribution in [3.8, 4) is 5.75 Å². The van der Waals surface area contributed by atoms with Crippen molar-refractivity contribution < 1.29 is 4.74 Å². The van der Waals surface area contributed by atoms with Crippen LogP contribution in [0.3, 0.4) is 0 Å². The van der Waals surface area contributed by atoms with Crippen LogP contribution in [0.15, 0.2) is 42.7 Å². The third-order valence-corrected chi connectivity index (χ3v) is 2.48. The van der Waals surface area contributed by atoms with Crippen LogP contribution in [0.4, 0.5) is 17.1 Å². The van der Waals surface area contributed by atoms with Crippen LogP contribution in [0.25, 0.3) is 0 Å². The second-order valence-corrected chi connectivity index (χ2v) is 3.79. The van der Waals surface area contributed by atoms with Crippen molar-refractivity contribution in [1.82, 2.24) is 4.98 Å². The minimum Gasteiger partial charge on any atom is -0.494 e. The van der Waals surface area contributed by atoms with E-state index in [2.05, 4.69) is 15.6 Å². The van der Waals surface area contributed by atoms with Crippen LogP contribution in [0, 0.1) is 0 Å². The monoisotopic (exact) mass is 243 g/mol. The summed E-state index contributed by atoms with van der Waals surface area (Å²) in [5.74, 6) is 0.880. The number of nitrogens with zero attached hydrogens (tertiary/aromatic N) is 1. The lowest BCUT2D eigenvalue weighted by molar-refractivity contribution is 0.340. The van der Waals surface area contributed by atoms with Crippen LogP contribution in [0.2, 0.25) is 0 Å². The molecule has 18 heavy (non-hydrogen) atoms. The summed E-state index contributed by atoms with van der Waals surface area (Å²) in [4.78, 5) is 4.15. The highest BCUT2D eigenvalue weighted by Crippen LogP contribution is 2.21. The normalized spacial score (nSPS) is 9.89. The van der Waals surface area contributed by atoms with Crippen LogP contribution >= 0.6 is 0 Å². The molecule has 0 radical (unpaired) electrons. The van der Waals surface area contributed by atoms with Gasteiger partial charge in [-0.2, -0.15) is 0 Å². The van der Waals surface area contributed by atoms with Crippen molar-refractivity contribution in [2.24, 2.45) is 0 Å². The Bertz CT molecular complexity index is 497. The number of nitrogens with one attached hydrogen (secondary N) is 2. The third-order valence-electron chi connectivity index (χ3n) is 2.48. The molecule has 2 aromatic rings. The number of hydrogen-bond donors (Lipinski definition) is 2. The van der Waals surface area contributed by atoms with Crippen LogP contribution < -0.4 is 15.4 Å². The van der Waals surface area contributed by atoms with Gasteiger partial charge < -0.3 is 15.4 Å². The average Bonchev–Trinajstić information content (AvgIpc) is 2.42. The summed E-state index contributed by atoms with van der Waals surface area (Å²) < 4.78 is 5.40. The van der Waals surface area contributed by atoms with Gasteiger partial charge in [0.1, 0.15) is 5.75 Å². The Kier molecular flexibility index (Phi) is 4.02. The molecule has 1 heterocycles. The average molecular weight is 243 g/mol. The SMILES string of the molecule is CCOc1ccc(Nc2cncc(NC)c2)cc1. The summed E-state index contributed by atoms with van der Waals surface area (Å²) in [5, 5.41) is 6.35. The van der Waals surface area contributed by atoms with E-state index in [1.807, 2.05) is 44.3 Å². The number of ether oxygens (including phenoxy) is 1. The highest BCUT2D eigenvalue weighted by atomic mass is 16.5. The first-order valence-electron chi connectivity index (χ1n) is 5.94. The number of hydrogen-bond acceptors (Lipinski definition) is 4. The summed E-state index contributed by atoms with van der Waals surface area (Å²) in [6.07, 6.45) is 3.57. The lowest BCUT2D eigenvalue weighted by Gasteiger charge is -2.09. The lowest BCUT2D eigenvalue weighted by Crippen LogP contribution is -1.95. The van der Waals surface area contributed by atoms with Gasteiger partial charge in [0.25, 0.3) is 0 Å². The largest absolute Gasteiger partial charge is 0.494 e. The van der Waals surface area contributed by atoms with Gasteiger partial charge in [-0.25, -0.2) is 0 Å². The summed E-state index contributed by atoms with van der Waals surface area (Å²) in [6, 6.07) is 9.86. The van der Waals surface area contributed by atoms with Gasteiger partial charge in [-0.05, 0) is 37.3 Å². The summed E-state index contributed by atoms with van der Waals surface area (Å²) in [6.45, 7) is 2.65. The van der Waals surface area contributed by atoms with Crippen LogP contribution in [-0.4, -0.2) is 18.6 Å². The van der Waals surface area contributed by atoms with E-state index in [0.29, 0.717) is 6.61 Å². The highest BCUT2D eigenvalue weighted by molar-refractivity contribution is 5.63. The first kappa shape index (κ1) is 12.2. The molecule has 0 amide bonds. The molecule has 0 aliphatic carbocycles. The standard InChI is InChI=1S/C14H17N3O/c1-3-18-14-6-4-11(5-7-14)17-13-8-12(15-2)9-16-10-13/h4-10,15,17H,3H2,1-2H3. The van der Waals surface area contributed by atoms with E-state index in [1.165, 1.54) is 0 Å². The number of anilines is 3. The van der Waals surface area contributed by atoms with Crippen LogP contribution in [0.1, 0.15) is 6.92 Å². The number of rotatable bonds is 5. The molecular formula is C14H17N3O. The number of pyridine rings is 1. The molecule has 1 aromatic heterocycles. The van der Waals surface area contributed by atoms with Crippen molar-refractivity contribution in [2.45, 2.75) is 6.92 Å². The second kappa shape index (κ2) is 5.91. The summed E-state index contributed by atoms with van der Waals surface area (Å²) >= 11 is 0. The lowest BCUT2D eigenvalue weighted by atomic mass is 10.3. The fourth-order valence-electron chi connectivity index (χ4n) is 1.61. The molecule has 0 aliphatic heterocycles. The Labute approximate surface area is 107 Å². The van der Waals surface area contributed by atoms with Gasteiger partial charge in [-0.1, -0.05) is 0 Å². The molecule has 4 heteroatoms. The minimum absolute atomic E-state index is 0.681. The zero-order valence-corrected chi connectivity index (χ0v) is 10.6. The highest BCUT2D eigenvalue weighted by Gasteiger charge is 1.97. The Morgan fingerprint density at radius 1 is 1.06 bits per heavy atom. The molecule has 1 aromatic carbocycles. The van der Waals surface area contributed by atoms with Gasteiger partial charge in [0.2, 0.25) is 0 Å².